The lowest BCUT2D eigenvalue weighted by Gasteiger charge is -2.27. The number of H-pyrrole nitrogens is 2. The quantitative estimate of drug-likeness (QED) is 0.479. The van der Waals surface area contributed by atoms with Crippen LogP contribution >= 0.6 is 0 Å². The van der Waals surface area contributed by atoms with Gasteiger partial charge in [-0.3, -0.25) is 5.10 Å². The van der Waals surface area contributed by atoms with Crippen LogP contribution < -0.4 is 4.90 Å². The van der Waals surface area contributed by atoms with Crippen molar-refractivity contribution in [2.45, 2.75) is 19.3 Å². The molecule has 0 unspecified atom stereocenters. The van der Waals surface area contributed by atoms with Crippen LogP contribution in [0.3, 0.4) is 0 Å². The third kappa shape index (κ3) is 2.80. The molecule has 0 saturated carbocycles. The number of imidazole rings is 1. The van der Waals surface area contributed by atoms with Gasteiger partial charge in [0.1, 0.15) is 17.5 Å². The molecule has 0 amide bonds. The second-order valence-corrected chi connectivity index (χ2v) is 7.62. The summed E-state index contributed by atoms with van der Waals surface area (Å²) in [4.78, 5) is 23.6. The molecule has 6 rings (SSSR count). The Morgan fingerprint density at radius 2 is 1.77 bits per heavy atom. The Hall–Kier alpha value is -3.81. The highest BCUT2D eigenvalue weighted by Crippen LogP contribution is 2.32. The molecule has 8 heteroatoms. The van der Waals surface area contributed by atoms with Crippen LogP contribution in [0.15, 0.2) is 49.2 Å². The van der Waals surface area contributed by atoms with Gasteiger partial charge in [-0.05, 0) is 43.0 Å². The van der Waals surface area contributed by atoms with Crippen molar-refractivity contribution >= 4 is 27.8 Å². The summed E-state index contributed by atoms with van der Waals surface area (Å²) in [7, 11) is 0. The van der Waals surface area contributed by atoms with Gasteiger partial charge in [-0.25, -0.2) is 19.9 Å². The average molecular weight is 396 g/mol. The van der Waals surface area contributed by atoms with E-state index in [9.17, 15) is 0 Å². The van der Waals surface area contributed by atoms with E-state index in [0.29, 0.717) is 0 Å². The van der Waals surface area contributed by atoms with E-state index in [1.807, 2.05) is 36.8 Å². The molecule has 1 saturated heterocycles. The molecule has 4 aromatic heterocycles. The van der Waals surface area contributed by atoms with E-state index in [-0.39, 0.29) is 0 Å². The van der Waals surface area contributed by atoms with Gasteiger partial charge in [0.05, 0.1) is 11.0 Å². The number of aromatic amines is 2. The second kappa shape index (κ2) is 6.91. The Balaban J connectivity index is 1.47. The van der Waals surface area contributed by atoms with Crippen molar-refractivity contribution in [3.8, 4) is 22.6 Å². The van der Waals surface area contributed by atoms with Crippen LogP contribution in [-0.2, 0) is 0 Å². The highest BCUT2D eigenvalue weighted by atomic mass is 15.2. The summed E-state index contributed by atoms with van der Waals surface area (Å²) in [6.45, 7) is 2.06. The van der Waals surface area contributed by atoms with Crippen LogP contribution in [0.1, 0.15) is 19.3 Å². The number of nitrogens with one attached hydrogen (secondary N) is 2. The molecule has 1 aliphatic rings. The van der Waals surface area contributed by atoms with Crippen LogP contribution in [0, 0.1) is 0 Å². The first-order valence-corrected chi connectivity index (χ1v) is 10.2. The van der Waals surface area contributed by atoms with Crippen molar-refractivity contribution in [3.63, 3.8) is 0 Å². The fourth-order valence-corrected chi connectivity index (χ4v) is 4.19. The van der Waals surface area contributed by atoms with Crippen LogP contribution in [0.4, 0.5) is 5.82 Å². The number of pyridine rings is 1. The Bertz CT molecular complexity index is 1330. The summed E-state index contributed by atoms with van der Waals surface area (Å²) in [5.41, 5.74) is 5.64. The largest absolute Gasteiger partial charge is 0.355 e. The van der Waals surface area contributed by atoms with Gasteiger partial charge in [-0.2, -0.15) is 5.10 Å². The maximum absolute atomic E-state index is 4.92. The van der Waals surface area contributed by atoms with Gasteiger partial charge in [0.15, 0.2) is 11.6 Å². The van der Waals surface area contributed by atoms with Crippen molar-refractivity contribution in [2.24, 2.45) is 0 Å². The molecule has 1 aliphatic heterocycles. The Labute approximate surface area is 172 Å². The minimum absolute atomic E-state index is 0.740. The first-order valence-electron chi connectivity index (χ1n) is 10.2. The van der Waals surface area contributed by atoms with Crippen molar-refractivity contribution < 1.29 is 0 Å². The van der Waals surface area contributed by atoms with Gasteiger partial charge in [0, 0.05) is 42.6 Å². The van der Waals surface area contributed by atoms with Crippen LogP contribution in [-0.4, -0.2) is 48.2 Å². The summed E-state index contributed by atoms with van der Waals surface area (Å²) in [5.74, 6) is 1.70. The highest BCUT2D eigenvalue weighted by molar-refractivity contribution is 5.96. The van der Waals surface area contributed by atoms with Gasteiger partial charge in [-0.1, -0.05) is 6.07 Å². The lowest BCUT2D eigenvalue weighted by Crippen LogP contribution is -2.30. The monoisotopic (exact) mass is 396 g/mol. The summed E-state index contributed by atoms with van der Waals surface area (Å²) >= 11 is 0. The molecule has 148 valence electrons. The van der Waals surface area contributed by atoms with Crippen molar-refractivity contribution in [1.29, 1.82) is 0 Å². The Morgan fingerprint density at radius 1 is 0.900 bits per heavy atom. The predicted octanol–water partition coefficient (Wildman–Crippen LogP) is 3.95. The molecule has 1 fully saturated rings. The average Bonchev–Trinajstić information content (AvgIpc) is 3.43. The molecule has 0 radical (unpaired) electrons. The standard InChI is InChI=1S/C22H20N8/c1-2-8-30(9-3-1)22-20-18(6-7-25-22)26-21(27-20)19-16-10-14(4-5-17(16)28-29-19)15-11-23-13-24-12-15/h4-7,10-13H,1-3,8-9H2,(H,26,27)(H,28,29). The first-order chi connectivity index (χ1) is 14.9. The molecule has 8 nitrogen and oxygen atoms in total. The highest BCUT2D eigenvalue weighted by Gasteiger charge is 2.19. The number of aromatic nitrogens is 7. The van der Waals surface area contributed by atoms with Gasteiger partial charge in [-0.15, -0.1) is 0 Å². The number of hydrogen-bond acceptors (Lipinski definition) is 6. The fourth-order valence-electron chi connectivity index (χ4n) is 4.19. The number of piperidine rings is 1. The normalized spacial score (nSPS) is 14.6. The second-order valence-electron chi connectivity index (χ2n) is 7.62. The zero-order valence-corrected chi connectivity index (χ0v) is 16.3. The van der Waals surface area contributed by atoms with Gasteiger partial charge < -0.3 is 9.88 Å². The first kappa shape index (κ1) is 17.1. The topological polar surface area (TPSA) is 99.3 Å². The predicted molar refractivity (Wildman–Crippen MR) is 116 cm³/mol. The summed E-state index contributed by atoms with van der Waals surface area (Å²) in [6, 6.07) is 8.14. The summed E-state index contributed by atoms with van der Waals surface area (Å²) in [5, 5.41) is 8.68. The summed E-state index contributed by atoms with van der Waals surface area (Å²) < 4.78 is 0. The van der Waals surface area contributed by atoms with E-state index >= 15 is 0 Å². The van der Waals surface area contributed by atoms with Crippen LogP contribution in [0.2, 0.25) is 0 Å². The molecule has 1 aromatic carbocycles. The molecule has 0 aliphatic carbocycles. The minimum Gasteiger partial charge on any atom is -0.355 e. The van der Waals surface area contributed by atoms with E-state index < -0.39 is 0 Å². The summed E-state index contributed by atoms with van der Waals surface area (Å²) in [6.07, 6.45) is 10.7. The SMILES string of the molecule is c1ncc(-c2ccc3[nH]nc(-c4nc5c(N6CCCCC6)nccc5[nH]4)c3c2)cn1. The molecular formula is C22H20N8. The fraction of sp³-hybridized carbons (Fsp3) is 0.227. The van der Waals surface area contributed by atoms with E-state index in [2.05, 4.69) is 41.1 Å². The van der Waals surface area contributed by atoms with E-state index in [0.717, 1.165) is 63.5 Å². The molecule has 0 atom stereocenters. The van der Waals surface area contributed by atoms with E-state index in [1.165, 1.54) is 25.6 Å². The molecular weight excluding hydrogens is 376 g/mol. The molecule has 5 aromatic rings. The number of benzene rings is 1. The molecule has 5 heterocycles. The Kier molecular flexibility index (Phi) is 3.93. The van der Waals surface area contributed by atoms with Gasteiger partial charge >= 0.3 is 0 Å². The van der Waals surface area contributed by atoms with Crippen LogP contribution in [0.25, 0.3) is 44.6 Å². The third-order valence-corrected chi connectivity index (χ3v) is 5.72. The molecule has 0 spiro atoms. The zero-order valence-electron chi connectivity index (χ0n) is 16.3. The third-order valence-electron chi connectivity index (χ3n) is 5.72. The number of nitrogens with zero attached hydrogens (tertiary/aromatic N) is 6. The number of anilines is 1. The van der Waals surface area contributed by atoms with E-state index in [4.69, 9.17) is 4.98 Å². The Morgan fingerprint density at radius 3 is 2.63 bits per heavy atom. The minimum atomic E-state index is 0.740. The maximum Gasteiger partial charge on any atom is 0.159 e. The lowest BCUT2D eigenvalue weighted by molar-refractivity contribution is 0.574. The molecule has 30 heavy (non-hydrogen) atoms. The van der Waals surface area contributed by atoms with Gasteiger partial charge in [0.2, 0.25) is 0 Å². The van der Waals surface area contributed by atoms with Gasteiger partial charge in [0.25, 0.3) is 0 Å². The van der Waals surface area contributed by atoms with Crippen molar-refractivity contribution in [3.05, 3.63) is 49.2 Å². The lowest BCUT2D eigenvalue weighted by atomic mass is 10.1. The van der Waals surface area contributed by atoms with Crippen LogP contribution in [0.5, 0.6) is 0 Å². The van der Waals surface area contributed by atoms with Crippen molar-refractivity contribution in [2.75, 3.05) is 18.0 Å². The zero-order chi connectivity index (χ0) is 19.9. The smallest absolute Gasteiger partial charge is 0.159 e. The molecule has 2 N–H and O–H groups in total. The number of fused-ring (bicyclic) bond motifs is 2. The number of hydrogen-bond donors (Lipinski definition) is 2. The number of rotatable bonds is 3. The maximum atomic E-state index is 4.92. The van der Waals surface area contributed by atoms with Crippen molar-refractivity contribution in [1.82, 2.24) is 35.1 Å². The molecule has 0 bridgehead atoms. The van der Waals surface area contributed by atoms with E-state index in [1.54, 1.807) is 0 Å².